The third-order valence-electron chi connectivity index (χ3n) is 3.53. The normalized spacial score (nSPS) is 11.6. The van der Waals surface area contributed by atoms with E-state index in [0.717, 1.165) is 16.8 Å². The van der Waals surface area contributed by atoms with Gasteiger partial charge in [-0.1, -0.05) is 26.0 Å². The number of aromatic nitrogens is 1. The minimum atomic E-state index is -0.376. The Morgan fingerprint density at radius 3 is 2.61 bits per heavy atom. The van der Waals surface area contributed by atoms with Gasteiger partial charge in [-0.25, -0.2) is 9.56 Å². The highest BCUT2D eigenvalue weighted by Gasteiger charge is 2.15. The standard InChI is InChI=1S/C17H20N2O3S/c1-5-14(20)19-15(22-16(21)6-2)10-23-17(19)18-13-9-7-8-11(3)12(13)4/h7-10H,5-6H2,1-4H3. The Balaban J connectivity index is 2.58. The fraction of sp³-hybridized carbons (Fsp3) is 0.353. The summed E-state index contributed by atoms with van der Waals surface area (Å²) >= 11 is 1.28. The third-order valence-corrected chi connectivity index (χ3v) is 4.33. The summed E-state index contributed by atoms with van der Waals surface area (Å²) in [7, 11) is 0. The molecule has 0 aliphatic rings. The van der Waals surface area contributed by atoms with Crippen molar-refractivity contribution in [3.8, 4) is 5.88 Å². The number of carbonyl (C=O) groups excluding carboxylic acids is 2. The predicted molar refractivity (Wildman–Crippen MR) is 90.3 cm³/mol. The van der Waals surface area contributed by atoms with Crippen molar-refractivity contribution in [1.29, 1.82) is 0 Å². The first kappa shape index (κ1) is 17.1. The second-order valence-electron chi connectivity index (χ2n) is 5.10. The Labute approximate surface area is 139 Å². The molecule has 1 heterocycles. The zero-order chi connectivity index (χ0) is 17.0. The van der Waals surface area contributed by atoms with Gasteiger partial charge in [0.15, 0.2) is 4.80 Å². The molecule has 1 aromatic carbocycles. The lowest BCUT2D eigenvalue weighted by Gasteiger charge is -2.07. The molecule has 0 radical (unpaired) electrons. The molecule has 0 saturated heterocycles. The summed E-state index contributed by atoms with van der Waals surface area (Å²) in [5.41, 5.74) is 3.00. The second kappa shape index (κ2) is 7.37. The van der Waals surface area contributed by atoms with Gasteiger partial charge in [0.05, 0.1) is 11.1 Å². The molecule has 0 aliphatic carbocycles. The average Bonchev–Trinajstić information content (AvgIpc) is 2.93. The van der Waals surface area contributed by atoms with Crippen LogP contribution >= 0.6 is 11.3 Å². The van der Waals surface area contributed by atoms with Crippen LogP contribution in [0.3, 0.4) is 0 Å². The van der Waals surface area contributed by atoms with Crippen LogP contribution in [-0.2, 0) is 4.79 Å². The molecule has 6 heteroatoms. The molecular formula is C17H20N2O3S. The molecule has 0 unspecified atom stereocenters. The Morgan fingerprint density at radius 2 is 1.96 bits per heavy atom. The van der Waals surface area contributed by atoms with Crippen molar-refractivity contribution < 1.29 is 14.3 Å². The summed E-state index contributed by atoms with van der Waals surface area (Å²) in [5.74, 6) is -0.300. The largest absolute Gasteiger partial charge is 0.408 e. The first-order chi connectivity index (χ1) is 11.0. The summed E-state index contributed by atoms with van der Waals surface area (Å²) in [6.45, 7) is 7.48. The number of ether oxygens (including phenoxy) is 1. The van der Waals surface area contributed by atoms with Crippen molar-refractivity contribution in [1.82, 2.24) is 4.57 Å². The van der Waals surface area contributed by atoms with E-state index in [1.54, 1.807) is 19.2 Å². The van der Waals surface area contributed by atoms with Crippen LogP contribution in [0.25, 0.3) is 0 Å². The van der Waals surface area contributed by atoms with Gasteiger partial charge in [0.2, 0.25) is 11.8 Å². The van der Waals surface area contributed by atoms with Crippen molar-refractivity contribution in [2.75, 3.05) is 0 Å². The maximum absolute atomic E-state index is 12.2. The number of nitrogens with zero attached hydrogens (tertiary/aromatic N) is 2. The van der Waals surface area contributed by atoms with Gasteiger partial charge in [-0.2, -0.15) is 0 Å². The zero-order valence-corrected chi connectivity index (χ0v) is 14.6. The number of thiazole rings is 1. The van der Waals surface area contributed by atoms with Crippen LogP contribution in [0.15, 0.2) is 28.6 Å². The second-order valence-corrected chi connectivity index (χ2v) is 5.93. The smallest absolute Gasteiger partial charge is 0.312 e. The minimum absolute atomic E-state index is 0.158. The number of aryl methyl sites for hydroxylation is 1. The maximum Gasteiger partial charge on any atom is 0.312 e. The van der Waals surface area contributed by atoms with Gasteiger partial charge in [0.1, 0.15) is 0 Å². The van der Waals surface area contributed by atoms with E-state index in [2.05, 4.69) is 4.99 Å². The van der Waals surface area contributed by atoms with Crippen LogP contribution in [0.5, 0.6) is 5.88 Å². The average molecular weight is 332 g/mol. The molecule has 0 aliphatic heterocycles. The molecule has 0 N–H and O–H groups in total. The lowest BCUT2D eigenvalue weighted by molar-refractivity contribution is -0.134. The van der Waals surface area contributed by atoms with Crippen molar-refractivity contribution in [2.24, 2.45) is 4.99 Å². The van der Waals surface area contributed by atoms with Gasteiger partial charge in [-0.15, -0.1) is 11.3 Å². The van der Waals surface area contributed by atoms with Gasteiger partial charge >= 0.3 is 5.97 Å². The van der Waals surface area contributed by atoms with E-state index in [9.17, 15) is 9.59 Å². The summed E-state index contributed by atoms with van der Waals surface area (Å²) in [5, 5.41) is 1.64. The fourth-order valence-corrected chi connectivity index (χ4v) is 2.79. The third kappa shape index (κ3) is 3.76. The van der Waals surface area contributed by atoms with Gasteiger partial charge in [0.25, 0.3) is 0 Å². The predicted octanol–water partition coefficient (Wildman–Crippen LogP) is 3.76. The molecule has 0 saturated carbocycles. The number of rotatable bonds is 4. The molecule has 0 bridgehead atoms. The Kier molecular flexibility index (Phi) is 5.50. The highest BCUT2D eigenvalue weighted by molar-refractivity contribution is 7.07. The number of carbonyl (C=O) groups is 2. The molecular weight excluding hydrogens is 312 g/mol. The molecule has 23 heavy (non-hydrogen) atoms. The molecule has 122 valence electrons. The number of hydrogen-bond donors (Lipinski definition) is 0. The van der Waals surface area contributed by atoms with Crippen LogP contribution in [-0.4, -0.2) is 16.4 Å². The number of benzene rings is 1. The topological polar surface area (TPSA) is 60.7 Å². The van der Waals surface area contributed by atoms with Crippen molar-refractivity contribution >= 4 is 28.9 Å². The molecule has 2 rings (SSSR count). The Bertz CT molecular complexity index is 802. The van der Waals surface area contributed by atoms with E-state index < -0.39 is 0 Å². The maximum atomic E-state index is 12.2. The Morgan fingerprint density at radius 1 is 1.22 bits per heavy atom. The number of esters is 1. The molecule has 1 aromatic heterocycles. The molecule has 0 atom stereocenters. The highest BCUT2D eigenvalue weighted by atomic mass is 32.1. The van der Waals surface area contributed by atoms with E-state index >= 15 is 0 Å². The molecule has 2 aromatic rings. The van der Waals surface area contributed by atoms with Crippen LogP contribution in [0.1, 0.15) is 42.6 Å². The van der Waals surface area contributed by atoms with E-state index in [1.807, 2.05) is 32.0 Å². The van der Waals surface area contributed by atoms with Crippen molar-refractivity contribution in [3.05, 3.63) is 39.5 Å². The van der Waals surface area contributed by atoms with Crippen LogP contribution < -0.4 is 9.54 Å². The van der Waals surface area contributed by atoms with E-state index in [4.69, 9.17) is 4.74 Å². The Hall–Kier alpha value is -2.21. The van der Waals surface area contributed by atoms with Gasteiger partial charge in [-0.05, 0) is 31.0 Å². The number of hydrogen-bond acceptors (Lipinski definition) is 5. The van der Waals surface area contributed by atoms with Crippen LogP contribution in [0.2, 0.25) is 0 Å². The van der Waals surface area contributed by atoms with Crippen LogP contribution in [0, 0.1) is 13.8 Å². The van der Waals surface area contributed by atoms with Crippen molar-refractivity contribution in [2.45, 2.75) is 40.5 Å². The molecule has 0 spiro atoms. The quantitative estimate of drug-likeness (QED) is 0.801. The van der Waals surface area contributed by atoms with Gasteiger partial charge < -0.3 is 4.74 Å². The highest BCUT2D eigenvalue weighted by Crippen LogP contribution is 2.22. The summed E-state index contributed by atoms with van der Waals surface area (Å²) in [6.07, 6.45) is 0.549. The van der Waals surface area contributed by atoms with E-state index in [1.165, 1.54) is 15.9 Å². The first-order valence-electron chi connectivity index (χ1n) is 7.53. The lowest BCUT2D eigenvalue weighted by Crippen LogP contribution is -2.24. The zero-order valence-electron chi connectivity index (χ0n) is 13.8. The monoisotopic (exact) mass is 332 g/mol. The lowest BCUT2D eigenvalue weighted by atomic mass is 10.1. The van der Waals surface area contributed by atoms with Gasteiger partial charge in [0, 0.05) is 12.8 Å². The molecule has 5 nitrogen and oxygen atoms in total. The SMILES string of the molecule is CCC(=O)Oc1csc(=Nc2cccc(C)c2C)n1C(=O)CC. The summed E-state index contributed by atoms with van der Waals surface area (Å²) < 4.78 is 6.62. The first-order valence-corrected chi connectivity index (χ1v) is 8.41. The summed E-state index contributed by atoms with van der Waals surface area (Å²) in [6, 6.07) is 5.85. The van der Waals surface area contributed by atoms with E-state index in [0.29, 0.717) is 11.2 Å². The molecule has 0 amide bonds. The van der Waals surface area contributed by atoms with Crippen LogP contribution in [0.4, 0.5) is 5.69 Å². The van der Waals surface area contributed by atoms with Gasteiger partial charge in [-0.3, -0.25) is 9.59 Å². The van der Waals surface area contributed by atoms with Crippen molar-refractivity contribution in [3.63, 3.8) is 0 Å². The minimum Gasteiger partial charge on any atom is -0.408 e. The fourth-order valence-electron chi connectivity index (χ4n) is 1.99. The van der Waals surface area contributed by atoms with E-state index in [-0.39, 0.29) is 24.2 Å². The molecule has 0 fully saturated rings. The summed E-state index contributed by atoms with van der Waals surface area (Å²) in [4.78, 5) is 28.9.